The molecule has 18 heavy (non-hydrogen) atoms. The normalized spacial score (nSPS) is 19.1. The zero-order valence-corrected chi connectivity index (χ0v) is 12.0. The number of guanidine groups is 1. The molecule has 0 aliphatic carbocycles. The van der Waals surface area contributed by atoms with E-state index >= 15 is 0 Å². The van der Waals surface area contributed by atoms with Crippen molar-refractivity contribution in [1.82, 2.24) is 0 Å². The Morgan fingerprint density at radius 2 is 2.39 bits per heavy atom. The summed E-state index contributed by atoms with van der Waals surface area (Å²) in [6.07, 6.45) is 4.43. The number of hydrogen-bond acceptors (Lipinski definition) is 4. The van der Waals surface area contributed by atoms with Gasteiger partial charge in [-0.2, -0.15) is 11.8 Å². The van der Waals surface area contributed by atoms with E-state index in [2.05, 4.69) is 16.1 Å². The van der Waals surface area contributed by atoms with E-state index in [1.54, 1.807) is 0 Å². The van der Waals surface area contributed by atoms with Gasteiger partial charge in [0.1, 0.15) is 0 Å². The molecule has 0 fully saturated rings. The zero-order chi connectivity index (χ0) is 13.0. The number of halogens is 1. The first kappa shape index (κ1) is 13.6. The molecule has 5 heteroatoms. The molecule has 0 saturated heterocycles. The van der Waals surface area contributed by atoms with Crippen molar-refractivity contribution < 1.29 is 0 Å². The predicted octanol–water partition coefficient (Wildman–Crippen LogP) is 2.99. The van der Waals surface area contributed by atoms with Crippen LogP contribution in [-0.4, -0.2) is 30.6 Å². The summed E-state index contributed by atoms with van der Waals surface area (Å²) in [5.41, 5.74) is 7.02. The van der Waals surface area contributed by atoms with Crippen molar-refractivity contribution in [3.8, 4) is 0 Å². The van der Waals surface area contributed by atoms with Crippen LogP contribution in [0.3, 0.4) is 0 Å². The second-order valence-corrected chi connectivity index (χ2v) is 5.76. The second-order valence-electron chi connectivity index (χ2n) is 4.34. The first-order valence-corrected chi connectivity index (χ1v) is 7.83. The maximum atomic E-state index is 6.03. The number of thioether (sulfide) groups is 1. The van der Waals surface area contributed by atoms with Crippen molar-refractivity contribution >= 4 is 35.0 Å². The standard InChI is InChI=1S/C13H18ClN3S/c1-18-7-3-6-12-9-16-13(15)17(12)11-5-2-4-10(14)8-11/h2,4-5,8,12H,3,6-7,9H2,1H3,(H2,15,16). The molecule has 1 aliphatic heterocycles. The third kappa shape index (κ3) is 3.12. The Morgan fingerprint density at radius 1 is 1.56 bits per heavy atom. The van der Waals surface area contributed by atoms with Crippen molar-refractivity contribution in [1.29, 1.82) is 0 Å². The van der Waals surface area contributed by atoms with Gasteiger partial charge in [0.25, 0.3) is 0 Å². The summed E-state index contributed by atoms with van der Waals surface area (Å²) >= 11 is 7.91. The fraction of sp³-hybridized carbons (Fsp3) is 0.462. The van der Waals surface area contributed by atoms with Gasteiger partial charge in [-0.3, -0.25) is 4.99 Å². The minimum Gasteiger partial charge on any atom is -0.370 e. The fourth-order valence-electron chi connectivity index (χ4n) is 2.20. The molecule has 1 aromatic carbocycles. The van der Waals surface area contributed by atoms with Crippen LogP contribution in [-0.2, 0) is 0 Å². The molecule has 1 atom stereocenters. The van der Waals surface area contributed by atoms with Crippen molar-refractivity contribution in [2.24, 2.45) is 10.7 Å². The van der Waals surface area contributed by atoms with Crippen LogP contribution in [0.5, 0.6) is 0 Å². The molecular weight excluding hydrogens is 266 g/mol. The quantitative estimate of drug-likeness (QED) is 0.845. The molecule has 2 rings (SSSR count). The van der Waals surface area contributed by atoms with E-state index < -0.39 is 0 Å². The Morgan fingerprint density at radius 3 is 3.11 bits per heavy atom. The second kappa shape index (κ2) is 6.34. The summed E-state index contributed by atoms with van der Waals surface area (Å²) in [5, 5.41) is 0.732. The Labute approximate surface area is 117 Å². The van der Waals surface area contributed by atoms with Crippen LogP contribution in [0.25, 0.3) is 0 Å². The first-order chi connectivity index (χ1) is 8.72. The van der Waals surface area contributed by atoms with Gasteiger partial charge in [-0.05, 0) is 43.0 Å². The topological polar surface area (TPSA) is 41.6 Å². The number of hydrogen-bond donors (Lipinski definition) is 1. The lowest BCUT2D eigenvalue weighted by Crippen LogP contribution is -2.40. The summed E-state index contributed by atoms with van der Waals surface area (Å²) in [6.45, 7) is 0.784. The van der Waals surface area contributed by atoms with E-state index in [0.29, 0.717) is 12.0 Å². The van der Waals surface area contributed by atoms with Gasteiger partial charge in [0, 0.05) is 10.7 Å². The molecule has 2 N–H and O–H groups in total. The van der Waals surface area contributed by atoms with Gasteiger partial charge in [-0.25, -0.2) is 0 Å². The van der Waals surface area contributed by atoms with Crippen LogP contribution in [0.4, 0.5) is 5.69 Å². The summed E-state index contributed by atoms with van der Waals surface area (Å²) in [7, 11) is 0. The van der Waals surface area contributed by atoms with Gasteiger partial charge >= 0.3 is 0 Å². The van der Waals surface area contributed by atoms with Gasteiger partial charge < -0.3 is 10.6 Å². The van der Waals surface area contributed by atoms with E-state index in [-0.39, 0.29) is 0 Å². The average Bonchev–Trinajstić information content (AvgIpc) is 2.71. The number of benzene rings is 1. The van der Waals surface area contributed by atoms with E-state index in [1.807, 2.05) is 36.0 Å². The zero-order valence-electron chi connectivity index (χ0n) is 10.5. The minimum absolute atomic E-state index is 0.371. The molecule has 0 radical (unpaired) electrons. The SMILES string of the molecule is CSCCCC1CN=C(N)N1c1cccc(Cl)c1. The van der Waals surface area contributed by atoms with Gasteiger partial charge in [0.15, 0.2) is 5.96 Å². The largest absolute Gasteiger partial charge is 0.370 e. The summed E-state index contributed by atoms with van der Waals surface area (Å²) in [5.74, 6) is 1.78. The first-order valence-electron chi connectivity index (χ1n) is 6.06. The maximum Gasteiger partial charge on any atom is 0.196 e. The average molecular weight is 284 g/mol. The van der Waals surface area contributed by atoms with Crippen LogP contribution in [0, 0.1) is 0 Å². The predicted molar refractivity (Wildman–Crippen MR) is 81.8 cm³/mol. The Bertz CT molecular complexity index is 436. The highest BCUT2D eigenvalue weighted by atomic mass is 35.5. The molecule has 0 saturated carbocycles. The van der Waals surface area contributed by atoms with Crippen molar-refractivity contribution in [2.45, 2.75) is 18.9 Å². The molecule has 0 amide bonds. The lowest BCUT2D eigenvalue weighted by molar-refractivity contribution is 0.635. The van der Waals surface area contributed by atoms with Gasteiger partial charge in [-0.15, -0.1) is 0 Å². The molecule has 0 aromatic heterocycles. The highest BCUT2D eigenvalue weighted by Gasteiger charge is 2.26. The van der Waals surface area contributed by atoms with Crippen molar-refractivity contribution in [3.63, 3.8) is 0 Å². The van der Waals surface area contributed by atoms with Crippen LogP contribution < -0.4 is 10.6 Å². The number of aliphatic imine (C=N–C) groups is 1. The van der Waals surface area contributed by atoms with Gasteiger partial charge in [-0.1, -0.05) is 17.7 Å². The molecule has 0 bridgehead atoms. The lowest BCUT2D eigenvalue weighted by Gasteiger charge is -2.26. The summed E-state index contributed by atoms with van der Waals surface area (Å²) in [4.78, 5) is 6.46. The van der Waals surface area contributed by atoms with Crippen molar-refractivity contribution in [3.05, 3.63) is 29.3 Å². The van der Waals surface area contributed by atoms with Crippen molar-refractivity contribution in [2.75, 3.05) is 23.5 Å². The lowest BCUT2D eigenvalue weighted by atomic mass is 10.1. The molecule has 3 nitrogen and oxygen atoms in total. The van der Waals surface area contributed by atoms with Gasteiger partial charge in [0.05, 0.1) is 12.6 Å². The number of nitrogens with zero attached hydrogens (tertiary/aromatic N) is 2. The molecule has 1 heterocycles. The molecule has 0 spiro atoms. The third-order valence-corrected chi connectivity index (χ3v) is 3.98. The summed E-state index contributed by atoms with van der Waals surface area (Å²) in [6, 6.07) is 8.16. The molecular formula is C13H18ClN3S. The maximum absolute atomic E-state index is 6.03. The molecule has 1 unspecified atom stereocenters. The monoisotopic (exact) mass is 283 g/mol. The number of rotatable bonds is 5. The summed E-state index contributed by atoms with van der Waals surface area (Å²) < 4.78 is 0. The van der Waals surface area contributed by atoms with Gasteiger partial charge in [0.2, 0.25) is 0 Å². The molecule has 98 valence electrons. The van der Waals surface area contributed by atoms with Crippen LogP contribution in [0.1, 0.15) is 12.8 Å². The van der Waals surface area contributed by atoms with Crippen LogP contribution in [0.15, 0.2) is 29.3 Å². The number of anilines is 1. The van der Waals surface area contributed by atoms with E-state index in [9.17, 15) is 0 Å². The molecule has 1 aromatic rings. The molecule has 1 aliphatic rings. The minimum atomic E-state index is 0.371. The fourth-order valence-corrected chi connectivity index (χ4v) is 2.84. The Hall–Kier alpha value is -0.870. The van der Waals surface area contributed by atoms with E-state index in [4.69, 9.17) is 17.3 Å². The van der Waals surface area contributed by atoms with E-state index in [1.165, 1.54) is 12.2 Å². The Kier molecular flexibility index (Phi) is 4.78. The highest BCUT2D eigenvalue weighted by molar-refractivity contribution is 7.98. The van der Waals surface area contributed by atoms with Crippen LogP contribution >= 0.6 is 23.4 Å². The third-order valence-electron chi connectivity index (χ3n) is 3.05. The number of nitrogens with two attached hydrogens (primary N) is 1. The smallest absolute Gasteiger partial charge is 0.196 e. The van der Waals surface area contributed by atoms with E-state index in [0.717, 1.165) is 23.7 Å². The Balaban J connectivity index is 2.10. The highest BCUT2D eigenvalue weighted by Crippen LogP contribution is 2.26. The van der Waals surface area contributed by atoms with Crippen LogP contribution in [0.2, 0.25) is 5.02 Å².